The summed E-state index contributed by atoms with van der Waals surface area (Å²) in [5.41, 5.74) is 8.04. The average Bonchev–Trinajstić information content (AvgIpc) is 3.34. The second-order valence-electron chi connectivity index (χ2n) is 10.4. The molecule has 1 atom stereocenters. The van der Waals surface area contributed by atoms with Crippen molar-refractivity contribution in [3.05, 3.63) is 71.7 Å². The van der Waals surface area contributed by atoms with Gasteiger partial charge in [-0.3, -0.25) is 9.40 Å². The molecular weight excluding hydrogens is 569 g/mol. The molecule has 2 aromatic heterocycles. The number of aryl methyl sites for hydroxylation is 1. The standard InChI is InChI=1S/C29H29F3N6O3S/c1-2-38-28-20(16-7-9-17(10-8-16)35-18-14-41-15-18)13-34-29(33)26(28)27(36-38)19-11-23(32)24(12-22(19)31)37-42(39,40)25-6-4-3-5-21(25)30/h3-7,11-13,17-18,35,37H,2,8-10,14-15H2,1H3,(H2,33,34)/t17-/m0/s1. The van der Waals surface area contributed by atoms with Crippen molar-refractivity contribution in [3.63, 3.8) is 0 Å². The number of nitrogens with two attached hydrogens (primary N) is 1. The van der Waals surface area contributed by atoms with Gasteiger partial charge in [0.1, 0.15) is 33.9 Å². The van der Waals surface area contributed by atoms with E-state index >= 15 is 8.78 Å². The molecule has 42 heavy (non-hydrogen) atoms. The van der Waals surface area contributed by atoms with Crippen molar-refractivity contribution in [3.8, 4) is 11.3 Å². The quantitative estimate of drug-likeness (QED) is 0.265. The minimum Gasteiger partial charge on any atom is -0.383 e. The number of nitrogens with one attached hydrogen (secondary N) is 2. The van der Waals surface area contributed by atoms with Crippen LogP contribution in [0.15, 0.2) is 53.6 Å². The zero-order chi connectivity index (χ0) is 29.6. The number of aromatic nitrogens is 3. The Hall–Kier alpha value is -3.94. The van der Waals surface area contributed by atoms with Gasteiger partial charge in [-0.15, -0.1) is 0 Å². The Labute approximate surface area is 240 Å². The third-order valence-electron chi connectivity index (χ3n) is 7.64. The topological polar surface area (TPSA) is 124 Å². The van der Waals surface area contributed by atoms with Crippen molar-refractivity contribution in [2.24, 2.45) is 0 Å². The van der Waals surface area contributed by atoms with E-state index in [0.29, 0.717) is 35.6 Å². The maximum atomic E-state index is 15.6. The molecule has 4 aromatic rings. The van der Waals surface area contributed by atoms with Crippen LogP contribution in [-0.2, 0) is 21.3 Å². The predicted molar refractivity (Wildman–Crippen MR) is 154 cm³/mol. The summed E-state index contributed by atoms with van der Waals surface area (Å²) in [5.74, 6) is -2.93. The summed E-state index contributed by atoms with van der Waals surface area (Å²) in [6, 6.07) is 6.91. The van der Waals surface area contributed by atoms with Crippen LogP contribution in [-0.4, -0.2) is 48.5 Å². The third-order valence-corrected chi connectivity index (χ3v) is 9.04. The fourth-order valence-electron chi connectivity index (χ4n) is 5.45. The van der Waals surface area contributed by atoms with Crippen LogP contribution in [0.2, 0.25) is 0 Å². The molecule has 9 nitrogen and oxygen atoms in total. The van der Waals surface area contributed by atoms with Gasteiger partial charge in [-0.2, -0.15) is 5.10 Å². The fraction of sp³-hybridized carbons (Fsp3) is 0.310. The molecule has 0 amide bonds. The van der Waals surface area contributed by atoms with Gasteiger partial charge >= 0.3 is 0 Å². The second kappa shape index (κ2) is 11.0. The van der Waals surface area contributed by atoms with E-state index in [9.17, 15) is 12.8 Å². The molecule has 1 fully saturated rings. The first-order chi connectivity index (χ1) is 20.2. The lowest BCUT2D eigenvalue weighted by Crippen LogP contribution is -2.50. The van der Waals surface area contributed by atoms with Crippen molar-refractivity contribution in [2.75, 3.05) is 23.7 Å². The molecule has 0 bridgehead atoms. The Kier molecular flexibility index (Phi) is 7.41. The first-order valence-electron chi connectivity index (χ1n) is 13.6. The molecule has 220 valence electrons. The Morgan fingerprint density at radius 3 is 2.52 bits per heavy atom. The number of sulfonamides is 1. The van der Waals surface area contributed by atoms with Crippen LogP contribution in [0.4, 0.5) is 24.7 Å². The van der Waals surface area contributed by atoms with Gasteiger partial charge in [-0.05, 0) is 50.0 Å². The SMILES string of the molecule is CCn1nc(-c2cc(F)c(NS(=O)(=O)c3ccccc3F)cc2F)c2c(N)ncc(C3=CC[C@H](NC4COC4)CC3)c21. The first kappa shape index (κ1) is 28.2. The summed E-state index contributed by atoms with van der Waals surface area (Å²) < 4.78 is 79.2. The van der Waals surface area contributed by atoms with Crippen molar-refractivity contribution in [1.82, 2.24) is 20.1 Å². The number of ether oxygens (including phenoxy) is 1. The Morgan fingerprint density at radius 1 is 1.07 bits per heavy atom. The highest BCUT2D eigenvalue weighted by Gasteiger charge is 2.28. The highest BCUT2D eigenvalue weighted by Crippen LogP contribution is 2.40. The maximum absolute atomic E-state index is 15.6. The van der Waals surface area contributed by atoms with E-state index in [1.165, 1.54) is 12.1 Å². The molecule has 0 spiro atoms. The number of pyridine rings is 1. The van der Waals surface area contributed by atoms with E-state index in [0.717, 1.165) is 61.8 Å². The summed E-state index contributed by atoms with van der Waals surface area (Å²) in [7, 11) is -4.53. The first-order valence-corrected chi connectivity index (χ1v) is 15.1. The summed E-state index contributed by atoms with van der Waals surface area (Å²) in [5, 5.41) is 8.56. The van der Waals surface area contributed by atoms with Crippen LogP contribution in [0.5, 0.6) is 0 Å². The monoisotopic (exact) mass is 598 g/mol. The van der Waals surface area contributed by atoms with Crippen LogP contribution < -0.4 is 15.8 Å². The Balaban J connectivity index is 1.37. The van der Waals surface area contributed by atoms with Gasteiger partial charge in [0.25, 0.3) is 10.0 Å². The van der Waals surface area contributed by atoms with Crippen LogP contribution in [0, 0.1) is 17.5 Å². The van der Waals surface area contributed by atoms with Gasteiger partial charge in [-0.1, -0.05) is 18.2 Å². The number of fused-ring (bicyclic) bond motifs is 1. The third kappa shape index (κ3) is 5.12. The molecule has 0 unspecified atom stereocenters. The highest BCUT2D eigenvalue weighted by atomic mass is 32.2. The minimum absolute atomic E-state index is 0.0829. The number of benzene rings is 2. The molecule has 13 heteroatoms. The van der Waals surface area contributed by atoms with Gasteiger partial charge in [-0.25, -0.2) is 26.6 Å². The number of hydrogen-bond donors (Lipinski definition) is 3. The van der Waals surface area contributed by atoms with Gasteiger partial charge in [0.15, 0.2) is 0 Å². The number of nitrogens with zero attached hydrogens (tertiary/aromatic N) is 3. The lowest BCUT2D eigenvalue weighted by Gasteiger charge is -2.33. The van der Waals surface area contributed by atoms with Gasteiger partial charge in [0, 0.05) is 36.0 Å². The van der Waals surface area contributed by atoms with E-state index in [4.69, 9.17) is 10.5 Å². The summed E-state index contributed by atoms with van der Waals surface area (Å²) in [6.07, 6.45) is 6.39. The molecule has 0 radical (unpaired) electrons. The van der Waals surface area contributed by atoms with E-state index in [1.807, 2.05) is 11.6 Å². The molecule has 3 heterocycles. The zero-order valence-corrected chi connectivity index (χ0v) is 23.5. The van der Waals surface area contributed by atoms with Crippen molar-refractivity contribution >= 4 is 38.0 Å². The Morgan fingerprint density at radius 2 is 1.86 bits per heavy atom. The normalized spacial score (nSPS) is 17.7. The van der Waals surface area contributed by atoms with Gasteiger partial charge in [0.2, 0.25) is 0 Å². The average molecular weight is 599 g/mol. The summed E-state index contributed by atoms with van der Waals surface area (Å²) in [6.45, 7) is 3.76. The number of hydrogen-bond acceptors (Lipinski definition) is 7. The fourth-order valence-corrected chi connectivity index (χ4v) is 6.59. The Bertz CT molecular complexity index is 1820. The molecule has 4 N–H and O–H groups in total. The summed E-state index contributed by atoms with van der Waals surface area (Å²) in [4.78, 5) is 3.68. The molecule has 1 aliphatic carbocycles. The number of nitrogen functional groups attached to an aromatic ring is 1. The number of rotatable bonds is 8. The van der Waals surface area contributed by atoms with Crippen LogP contribution >= 0.6 is 0 Å². The van der Waals surface area contributed by atoms with Crippen molar-refractivity contribution < 1.29 is 26.3 Å². The van der Waals surface area contributed by atoms with Crippen molar-refractivity contribution in [2.45, 2.75) is 49.7 Å². The molecule has 0 saturated carbocycles. The van der Waals surface area contributed by atoms with Crippen LogP contribution in [0.3, 0.4) is 0 Å². The van der Waals surface area contributed by atoms with E-state index in [1.54, 1.807) is 10.9 Å². The number of anilines is 2. The molecule has 2 aliphatic rings. The highest BCUT2D eigenvalue weighted by molar-refractivity contribution is 7.92. The van der Waals surface area contributed by atoms with Gasteiger partial charge in [0.05, 0.1) is 35.8 Å². The zero-order valence-electron chi connectivity index (χ0n) is 22.7. The van der Waals surface area contributed by atoms with Crippen LogP contribution in [0.25, 0.3) is 27.7 Å². The molecule has 1 aliphatic heterocycles. The van der Waals surface area contributed by atoms with E-state index in [-0.39, 0.29) is 17.1 Å². The molecule has 6 rings (SSSR count). The predicted octanol–water partition coefficient (Wildman–Crippen LogP) is 4.84. The smallest absolute Gasteiger partial charge is 0.264 e. The van der Waals surface area contributed by atoms with Crippen molar-refractivity contribution in [1.29, 1.82) is 0 Å². The molecular formula is C29H29F3N6O3S. The molecule has 1 saturated heterocycles. The van der Waals surface area contributed by atoms with E-state index in [2.05, 4.69) is 21.5 Å². The number of allylic oxidation sites excluding steroid dienone is 1. The van der Waals surface area contributed by atoms with Gasteiger partial charge < -0.3 is 15.8 Å². The largest absolute Gasteiger partial charge is 0.383 e. The summed E-state index contributed by atoms with van der Waals surface area (Å²) >= 11 is 0. The lowest BCUT2D eigenvalue weighted by molar-refractivity contribution is -0.0103. The molecule has 2 aromatic carbocycles. The minimum atomic E-state index is -4.53. The van der Waals surface area contributed by atoms with Crippen LogP contribution in [0.1, 0.15) is 31.7 Å². The lowest BCUT2D eigenvalue weighted by atomic mass is 9.89. The second-order valence-corrected chi connectivity index (χ2v) is 12.0. The van der Waals surface area contributed by atoms with E-state index < -0.39 is 38.1 Å². The number of halogens is 3. The maximum Gasteiger partial charge on any atom is 0.264 e.